The van der Waals surface area contributed by atoms with Crippen molar-refractivity contribution in [2.24, 2.45) is 5.10 Å². The number of methoxy groups -OCH3 is 1. The van der Waals surface area contributed by atoms with E-state index in [0.717, 1.165) is 16.7 Å². The molecule has 0 saturated heterocycles. The third kappa shape index (κ3) is 7.19. The van der Waals surface area contributed by atoms with Crippen LogP contribution in [0.1, 0.15) is 22.3 Å². The second-order valence-corrected chi connectivity index (χ2v) is 7.65. The number of nitrogens with zero attached hydrogens (tertiary/aromatic N) is 1. The van der Waals surface area contributed by atoms with Gasteiger partial charge in [0.15, 0.2) is 11.5 Å². The van der Waals surface area contributed by atoms with Crippen LogP contribution < -0.4 is 14.9 Å². The Morgan fingerprint density at radius 1 is 1.12 bits per heavy atom. The van der Waals surface area contributed by atoms with Crippen LogP contribution in [0.15, 0.2) is 78.4 Å². The molecule has 0 saturated carbocycles. The number of hydrogen-bond donors (Lipinski definition) is 1. The van der Waals surface area contributed by atoms with Gasteiger partial charge in [0.1, 0.15) is 12.4 Å². The number of nitrogens with one attached hydrogen (secondary N) is 1. The predicted octanol–water partition coefficient (Wildman–Crippen LogP) is 5.49. The van der Waals surface area contributed by atoms with Crippen LogP contribution in [-0.4, -0.2) is 19.2 Å². The largest absolute Gasteiger partial charge is 0.493 e. The number of carbonyl (C=O) groups excluding carboxylic acids is 1. The molecule has 0 aliphatic heterocycles. The van der Waals surface area contributed by atoms with Crippen LogP contribution in [0.4, 0.5) is 4.39 Å². The average molecular weight is 467 g/mol. The van der Waals surface area contributed by atoms with E-state index in [4.69, 9.17) is 21.1 Å². The van der Waals surface area contributed by atoms with Gasteiger partial charge in [0.25, 0.3) is 0 Å². The SMILES string of the molecule is C=CCc1cc(/C=N/NC(=O)Cc2ccc(F)cc2)cc(OC)c1OCc1ccc(Cl)cc1. The van der Waals surface area contributed by atoms with Crippen molar-refractivity contribution in [3.8, 4) is 11.5 Å². The van der Waals surface area contributed by atoms with E-state index in [2.05, 4.69) is 17.1 Å². The minimum absolute atomic E-state index is 0.0974. The molecule has 33 heavy (non-hydrogen) atoms. The molecule has 5 nitrogen and oxygen atoms in total. The molecule has 0 fully saturated rings. The van der Waals surface area contributed by atoms with Gasteiger partial charge in [-0.2, -0.15) is 5.10 Å². The second-order valence-electron chi connectivity index (χ2n) is 7.22. The third-order valence-electron chi connectivity index (χ3n) is 4.72. The van der Waals surface area contributed by atoms with E-state index < -0.39 is 0 Å². The number of rotatable bonds is 10. The lowest BCUT2D eigenvalue weighted by Gasteiger charge is -2.16. The Kier molecular flexibility index (Phi) is 8.61. The van der Waals surface area contributed by atoms with Gasteiger partial charge in [-0.15, -0.1) is 6.58 Å². The average Bonchev–Trinajstić information content (AvgIpc) is 2.81. The van der Waals surface area contributed by atoms with Gasteiger partial charge in [-0.1, -0.05) is 41.9 Å². The quantitative estimate of drug-likeness (QED) is 0.244. The first-order valence-corrected chi connectivity index (χ1v) is 10.6. The Morgan fingerprint density at radius 3 is 2.48 bits per heavy atom. The normalized spacial score (nSPS) is 10.8. The molecule has 3 rings (SSSR count). The zero-order chi connectivity index (χ0) is 23.6. The van der Waals surface area contributed by atoms with E-state index in [9.17, 15) is 9.18 Å². The highest BCUT2D eigenvalue weighted by Gasteiger charge is 2.13. The lowest BCUT2D eigenvalue weighted by atomic mass is 10.1. The van der Waals surface area contributed by atoms with Crippen molar-refractivity contribution in [2.75, 3.05) is 7.11 Å². The molecule has 1 N–H and O–H groups in total. The number of benzene rings is 3. The summed E-state index contributed by atoms with van der Waals surface area (Å²) < 4.78 is 24.6. The van der Waals surface area contributed by atoms with Gasteiger partial charge in [0.2, 0.25) is 5.91 Å². The van der Waals surface area contributed by atoms with Gasteiger partial charge in [-0.25, -0.2) is 9.82 Å². The first-order valence-electron chi connectivity index (χ1n) is 10.2. The van der Waals surface area contributed by atoms with E-state index in [1.54, 1.807) is 31.4 Å². The molecule has 0 aliphatic carbocycles. The molecule has 7 heteroatoms. The van der Waals surface area contributed by atoms with Crippen LogP contribution in [0.25, 0.3) is 0 Å². The molecule has 0 aliphatic rings. The van der Waals surface area contributed by atoms with Crippen molar-refractivity contribution < 1.29 is 18.7 Å². The zero-order valence-electron chi connectivity index (χ0n) is 18.2. The Balaban J connectivity index is 1.70. The van der Waals surface area contributed by atoms with Gasteiger partial charge in [0, 0.05) is 10.6 Å². The monoisotopic (exact) mass is 466 g/mol. The molecule has 0 atom stereocenters. The Bertz CT molecular complexity index is 1130. The van der Waals surface area contributed by atoms with Crippen molar-refractivity contribution in [1.29, 1.82) is 0 Å². The number of hydrogen-bond acceptors (Lipinski definition) is 4. The van der Waals surface area contributed by atoms with Gasteiger partial charge < -0.3 is 9.47 Å². The Morgan fingerprint density at radius 2 is 1.82 bits per heavy atom. The van der Waals surface area contributed by atoms with Crippen molar-refractivity contribution in [1.82, 2.24) is 5.43 Å². The van der Waals surface area contributed by atoms with E-state index in [1.807, 2.05) is 30.3 Å². The molecule has 3 aromatic carbocycles. The number of halogens is 2. The highest BCUT2D eigenvalue weighted by Crippen LogP contribution is 2.34. The maximum Gasteiger partial charge on any atom is 0.244 e. The van der Waals surface area contributed by atoms with Gasteiger partial charge in [-0.3, -0.25) is 4.79 Å². The summed E-state index contributed by atoms with van der Waals surface area (Å²) in [6, 6.07) is 16.9. The zero-order valence-corrected chi connectivity index (χ0v) is 18.9. The topological polar surface area (TPSA) is 59.9 Å². The molecule has 0 unspecified atom stereocenters. The van der Waals surface area contributed by atoms with E-state index in [-0.39, 0.29) is 18.1 Å². The molecular formula is C26H24ClFN2O3. The molecule has 0 bridgehead atoms. The maximum atomic E-state index is 13.0. The summed E-state index contributed by atoms with van der Waals surface area (Å²) in [4.78, 5) is 12.1. The van der Waals surface area contributed by atoms with Crippen LogP contribution in [0.2, 0.25) is 5.02 Å². The van der Waals surface area contributed by atoms with Crippen LogP contribution >= 0.6 is 11.6 Å². The Hall–Kier alpha value is -3.64. The molecule has 0 radical (unpaired) electrons. The van der Waals surface area contributed by atoms with E-state index in [0.29, 0.717) is 35.1 Å². The van der Waals surface area contributed by atoms with Gasteiger partial charge in [0.05, 0.1) is 19.7 Å². The van der Waals surface area contributed by atoms with E-state index in [1.165, 1.54) is 18.3 Å². The predicted molar refractivity (Wildman–Crippen MR) is 129 cm³/mol. The van der Waals surface area contributed by atoms with Crippen molar-refractivity contribution in [3.05, 3.63) is 106 Å². The molecule has 0 heterocycles. The summed E-state index contributed by atoms with van der Waals surface area (Å²) in [7, 11) is 1.56. The van der Waals surface area contributed by atoms with Crippen LogP contribution in [0.3, 0.4) is 0 Å². The van der Waals surface area contributed by atoms with Crippen LogP contribution in [0.5, 0.6) is 11.5 Å². The smallest absolute Gasteiger partial charge is 0.244 e. The maximum absolute atomic E-state index is 13.0. The minimum atomic E-state index is -0.345. The standard InChI is InChI=1S/C26H24ClFN2O3/c1-3-4-21-13-20(16-29-30-25(31)15-18-7-11-23(28)12-8-18)14-24(32-2)26(21)33-17-19-5-9-22(27)10-6-19/h3,5-14,16H,1,4,15,17H2,2H3,(H,30,31)/b29-16+. The number of ether oxygens (including phenoxy) is 2. The molecule has 0 aromatic heterocycles. The summed E-state index contributed by atoms with van der Waals surface area (Å²) in [6.07, 6.45) is 3.96. The fraction of sp³-hybridized carbons (Fsp3) is 0.154. The van der Waals surface area contributed by atoms with Crippen LogP contribution in [0, 0.1) is 5.82 Å². The summed E-state index contributed by atoms with van der Waals surface area (Å²) in [6.45, 7) is 4.17. The fourth-order valence-corrected chi connectivity index (χ4v) is 3.25. The van der Waals surface area contributed by atoms with Crippen LogP contribution in [-0.2, 0) is 24.2 Å². The lowest BCUT2D eigenvalue weighted by molar-refractivity contribution is -0.120. The summed E-state index contributed by atoms with van der Waals surface area (Å²) in [5.41, 5.74) is 5.75. The first kappa shape index (κ1) is 24.0. The van der Waals surface area contributed by atoms with Gasteiger partial charge in [-0.05, 0) is 59.5 Å². The molecule has 1 amide bonds. The molecule has 170 valence electrons. The number of amides is 1. The van der Waals surface area contributed by atoms with Crippen molar-refractivity contribution in [3.63, 3.8) is 0 Å². The molecular weight excluding hydrogens is 443 g/mol. The summed E-state index contributed by atoms with van der Waals surface area (Å²) >= 11 is 5.94. The number of allylic oxidation sites excluding steroid dienone is 1. The summed E-state index contributed by atoms with van der Waals surface area (Å²) in [5.74, 6) is 0.508. The first-order chi connectivity index (χ1) is 16.0. The number of carbonyl (C=O) groups is 1. The van der Waals surface area contributed by atoms with Crippen molar-refractivity contribution in [2.45, 2.75) is 19.4 Å². The highest BCUT2D eigenvalue weighted by molar-refractivity contribution is 6.30. The second kappa shape index (κ2) is 11.8. The van der Waals surface area contributed by atoms with Gasteiger partial charge >= 0.3 is 0 Å². The van der Waals surface area contributed by atoms with E-state index >= 15 is 0 Å². The Labute approximate surface area is 197 Å². The highest BCUT2D eigenvalue weighted by atomic mass is 35.5. The minimum Gasteiger partial charge on any atom is -0.493 e. The number of hydrazone groups is 1. The fourth-order valence-electron chi connectivity index (χ4n) is 3.12. The molecule has 0 spiro atoms. The summed E-state index contributed by atoms with van der Waals surface area (Å²) in [5, 5.41) is 4.69. The van der Waals surface area contributed by atoms with Crippen molar-refractivity contribution >= 4 is 23.7 Å². The third-order valence-corrected chi connectivity index (χ3v) is 4.97. The lowest BCUT2D eigenvalue weighted by Crippen LogP contribution is -2.19. The molecule has 3 aromatic rings.